The van der Waals surface area contributed by atoms with Crippen molar-refractivity contribution in [2.45, 2.75) is 67.3 Å². The van der Waals surface area contributed by atoms with Gasteiger partial charge in [-0.1, -0.05) is 42.8 Å². The highest BCUT2D eigenvalue weighted by Crippen LogP contribution is 2.38. The van der Waals surface area contributed by atoms with Crippen molar-refractivity contribution >= 4 is 32.8 Å². The van der Waals surface area contributed by atoms with Crippen LogP contribution in [0.4, 0.5) is 4.39 Å². The quantitative estimate of drug-likeness (QED) is 0.433. The number of imidazole rings is 1. The monoisotopic (exact) mass is 473 g/mol. The van der Waals surface area contributed by atoms with Crippen molar-refractivity contribution in [1.82, 2.24) is 13.9 Å². The van der Waals surface area contributed by atoms with E-state index >= 15 is 0 Å². The van der Waals surface area contributed by atoms with Crippen molar-refractivity contribution in [3.8, 4) is 0 Å². The van der Waals surface area contributed by atoms with E-state index in [1.54, 1.807) is 29.4 Å². The van der Waals surface area contributed by atoms with Gasteiger partial charge in [-0.2, -0.15) is 4.31 Å². The third kappa shape index (κ3) is 3.97. The van der Waals surface area contributed by atoms with Crippen LogP contribution in [0.1, 0.15) is 55.7 Å². The number of sulfonamides is 1. The van der Waals surface area contributed by atoms with E-state index in [1.165, 1.54) is 24.6 Å². The molecule has 2 heterocycles. The topological polar surface area (TPSA) is 55.2 Å². The van der Waals surface area contributed by atoms with Crippen LogP contribution in [0.2, 0.25) is 0 Å². The molecule has 2 fully saturated rings. The van der Waals surface area contributed by atoms with Gasteiger partial charge in [0, 0.05) is 24.9 Å². The summed E-state index contributed by atoms with van der Waals surface area (Å²) in [5, 5.41) is 0.837. The van der Waals surface area contributed by atoms with E-state index in [-0.39, 0.29) is 5.82 Å². The lowest BCUT2D eigenvalue weighted by Gasteiger charge is -2.17. The van der Waals surface area contributed by atoms with Gasteiger partial charge >= 0.3 is 0 Å². The first-order valence-electron chi connectivity index (χ1n) is 11.3. The Morgan fingerprint density at radius 1 is 1.09 bits per heavy atom. The highest BCUT2D eigenvalue weighted by molar-refractivity contribution is 7.98. The molecule has 0 radical (unpaired) electrons. The van der Waals surface area contributed by atoms with Gasteiger partial charge in [-0.15, -0.1) is 0 Å². The number of aromatic nitrogens is 2. The van der Waals surface area contributed by atoms with Crippen molar-refractivity contribution < 1.29 is 12.8 Å². The Bertz CT molecular complexity index is 1240. The van der Waals surface area contributed by atoms with Crippen LogP contribution in [0.3, 0.4) is 0 Å². The van der Waals surface area contributed by atoms with Gasteiger partial charge in [0.2, 0.25) is 10.0 Å². The zero-order valence-electron chi connectivity index (χ0n) is 18.3. The second kappa shape index (κ2) is 8.80. The zero-order chi connectivity index (χ0) is 22.3. The highest BCUT2D eigenvalue weighted by atomic mass is 32.2. The number of nitrogens with zero attached hydrogens (tertiary/aromatic N) is 3. The SMILES string of the molecule is Cc1cccc(CSc2nc3cc(S(=O)(=O)N4CCCC4)ccc3n2C2CCCC2)c1F. The first-order valence-corrected chi connectivity index (χ1v) is 13.8. The van der Waals surface area contributed by atoms with Crippen LogP contribution in [-0.4, -0.2) is 35.4 Å². The van der Waals surface area contributed by atoms with Gasteiger partial charge in [0.15, 0.2) is 5.16 Å². The van der Waals surface area contributed by atoms with E-state index in [0.717, 1.165) is 36.4 Å². The first-order chi connectivity index (χ1) is 15.4. The second-order valence-corrected chi connectivity index (χ2v) is 11.7. The van der Waals surface area contributed by atoms with Crippen LogP contribution in [-0.2, 0) is 15.8 Å². The van der Waals surface area contributed by atoms with Crippen molar-refractivity contribution in [2.24, 2.45) is 0 Å². The molecule has 1 aliphatic heterocycles. The maximum atomic E-state index is 14.5. The maximum absolute atomic E-state index is 14.5. The Labute approximate surface area is 193 Å². The van der Waals surface area contributed by atoms with E-state index in [1.807, 2.05) is 18.2 Å². The van der Waals surface area contributed by atoms with Crippen molar-refractivity contribution in [1.29, 1.82) is 0 Å². The van der Waals surface area contributed by atoms with Crippen LogP contribution < -0.4 is 0 Å². The fourth-order valence-electron chi connectivity index (χ4n) is 4.87. The normalized spacial score (nSPS) is 18.2. The largest absolute Gasteiger partial charge is 0.316 e. The summed E-state index contributed by atoms with van der Waals surface area (Å²) >= 11 is 1.53. The minimum Gasteiger partial charge on any atom is -0.316 e. The maximum Gasteiger partial charge on any atom is 0.243 e. The Morgan fingerprint density at radius 3 is 2.59 bits per heavy atom. The molecular formula is C24H28FN3O2S2. The fraction of sp³-hybridized carbons (Fsp3) is 0.458. The molecule has 1 saturated carbocycles. The minimum atomic E-state index is -3.49. The molecule has 5 nitrogen and oxygen atoms in total. The molecule has 3 aromatic rings. The predicted octanol–water partition coefficient (Wildman–Crippen LogP) is 5.68. The van der Waals surface area contributed by atoms with Crippen molar-refractivity contribution in [2.75, 3.05) is 13.1 Å². The molecule has 32 heavy (non-hydrogen) atoms. The molecule has 2 aromatic carbocycles. The lowest BCUT2D eigenvalue weighted by atomic mass is 10.1. The zero-order valence-corrected chi connectivity index (χ0v) is 19.9. The lowest BCUT2D eigenvalue weighted by molar-refractivity contribution is 0.477. The molecule has 0 atom stereocenters. The molecule has 170 valence electrons. The molecule has 0 unspecified atom stereocenters. The number of rotatable bonds is 6. The van der Waals surface area contributed by atoms with Crippen LogP contribution in [0, 0.1) is 12.7 Å². The molecule has 0 spiro atoms. The number of halogens is 1. The summed E-state index contributed by atoms with van der Waals surface area (Å²) in [5.41, 5.74) is 2.97. The van der Waals surface area contributed by atoms with Crippen LogP contribution in [0.5, 0.6) is 0 Å². The number of benzene rings is 2. The number of fused-ring (bicyclic) bond motifs is 1. The number of hydrogen-bond donors (Lipinski definition) is 0. The van der Waals surface area contributed by atoms with E-state index in [0.29, 0.717) is 46.4 Å². The Hall–Kier alpha value is -1.90. The highest BCUT2D eigenvalue weighted by Gasteiger charge is 2.29. The van der Waals surface area contributed by atoms with Crippen molar-refractivity contribution in [3.63, 3.8) is 0 Å². The second-order valence-electron chi connectivity index (χ2n) is 8.80. The molecular weight excluding hydrogens is 445 g/mol. The molecule has 1 saturated heterocycles. The van der Waals surface area contributed by atoms with E-state index in [4.69, 9.17) is 4.98 Å². The fourth-order valence-corrected chi connectivity index (χ4v) is 7.47. The molecule has 5 rings (SSSR count). The molecule has 0 bridgehead atoms. The standard InChI is InChI=1S/C24H28FN3O2S2/c1-17-7-6-8-18(23(17)25)16-31-24-26-21-15-20(32(29,30)27-13-4-5-14-27)11-12-22(21)28(24)19-9-2-3-10-19/h6-8,11-12,15,19H,2-5,9-10,13-14,16H2,1H3. The summed E-state index contributed by atoms with van der Waals surface area (Å²) in [6, 6.07) is 11.2. The van der Waals surface area contributed by atoms with Gasteiger partial charge in [-0.3, -0.25) is 0 Å². The van der Waals surface area contributed by atoms with Crippen LogP contribution in [0.25, 0.3) is 11.0 Å². The number of aryl methyl sites for hydroxylation is 1. The van der Waals surface area contributed by atoms with E-state index in [9.17, 15) is 12.8 Å². The minimum absolute atomic E-state index is 0.164. The lowest BCUT2D eigenvalue weighted by Crippen LogP contribution is -2.27. The Morgan fingerprint density at radius 2 is 1.84 bits per heavy atom. The van der Waals surface area contributed by atoms with Crippen LogP contribution in [0.15, 0.2) is 46.5 Å². The summed E-state index contributed by atoms with van der Waals surface area (Å²) in [5.74, 6) is 0.324. The summed E-state index contributed by atoms with van der Waals surface area (Å²) in [6.45, 7) is 2.94. The average molecular weight is 474 g/mol. The summed E-state index contributed by atoms with van der Waals surface area (Å²) in [6.07, 6.45) is 6.37. The van der Waals surface area contributed by atoms with Gasteiger partial charge in [0.05, 0.1) is 15.9 Å². The first kappa shape index (κ1) is 21.9. The Balaban J connectivity index is 1.52. The van der Waals surface area contributed by atoms with E-state index in [2.05, 4.69) is 4.57 Å². The molecule has 0 amide bonds. The van der Waals surface area contributed by atoms with E-state index < -0.39 is 10.0 Å². The molecule has 2 aliphatic rings. The third-order valence-corrected chi connectivity index (χ3v) is 9.55. The third-order valence-electron chi connectivity index (χ3n) is 6.65. The summed E-state index contributed by atoms with van der Waals surface area (Å²) in [7, 11) is -3.49. The number of thioether (sulfide) groups is 1. The summed E-state index contributed by atoms with van der Waals surface area (Å²) < 4.78 is 44.5. The molecule has 1 aromatic heterocycles. The smallest absolute Gasteiger partial charge is 0.243 e. The van der Waals surface area contributed by atoms with Crippen molar-refractivity contribution in [3.05, 3.63) is 53.3 Å². The predicted molar refractivity (Wildman–Crippen MR) is 126 cm³/mol. The molecule has 8 heteroatoms. The van der Waals surface area contributed by atoms with Gasteiger partial charge in [-0.25, -0.2) is 17.8 Å². The van der Waals surface area contributed by atoms with Gasteiger partial charge in [-0.05, 0) is 61.9 Å². The van der Waals surface area contributed by atoms with Gasteiger partial charge < -0.3 is 4.57 Å². The molecule has 0 N–H and O–H groups in total. The molecule has 1 aliphatic carbocycles. The Kier molecular flexibility index (Phi) is 6.03. The van der Waals surface area contributed by atoms with Crippen LogP contribution >= 0.6 is 11.8 Å². The van der Waals surface area contributed by atoms with Gasteiger partial charge in [0.25, 0.3) is 0 Å². The summed E-state index contributed by atoms with van der Waals surface area (Å²) in [4.78, 5) is 5.16. The average Bonchev–Trinajstić information content (AvgIpc) is 3.54. The number of hydrogen-bond acceptors (Lipinski definition) is 4. The van der Waals surface area contributed by atoms with Gasteiger partial charge in [0.1, 0.15) is 5.82 Å².